The van der Waals surface area contributed by atoms with Crippen LogP contribution in [-0.2, 0) is 11.3 Å². The quantitative estimate of drug-likeness (QED) is 0.751. The van der Waals surface area contributed by atoms with Crippen LogP contribution < -0.4 is 11.1 Å². The normalized spacial score (nSPS) is 10.4. The van der Waals surface area contributed by atoms with Crippen molar-refractivity contribution in [2.75, 3.05) is 6.54 Å². The molecule has 0 fully saturated rings. The standard InChI is InChI=1S/C11H14ClFN2O/c12-9-3-1-4-10(13)8(9)7-15-6-2-5-11(14)16/h1,3-4,15H,2,5-7H2,(H2,14,16). The molecule has 0 aliphatic rings. The summed E-state index contributed by atoms with van der Waals surface area (Å²) in [6.45, 7) is 0.956. The summed E-state index contributed by atoms with van der Waals surface area (Å²) >= 11 is 5.84. The van der Waals surface area contributed by atoms with Gasteiger partial charge >= 0.3 is 0 Å². The highest BCUT2D eigenvalue weighted by atomic mass is 35.5. The molecular formula is C11H14ClFN2O. The molecule has 0 aliphatic carbocycles. The van der Waals surface area contributed by atoms with E-state index in [0.717, 1.165) is 0 Å². The molecule has 3 N–H and O–H groups in total. The minimum atomic E-state index is -0.328. The molecule has 16 heavy (non-hydrogen) atoms. The van der Waals surface area contributed by atoms with Gasteiger partial charge in [0.05, 0.1) is 0 Å². The minimum Gasteiger partial charge on any atom is -0.370 e. The molecule has 3 nitrogen and oxygen atoms in total. The van der Waals surface area contributed by atoms with E-state index in [2.05, 4.69) is 5.32 Å². The van der Waals surface area contributed by atoms with Crippen LogP contribution in [0.3, 0.4) is 0 Å². The first kappa shape index (κ1) is 12.9. The lowest BCUT2D eigenvalue weighted by Crippen LogP contribution is -2.18. The summed E-state index contributed by atoms with van der Waals surface area (Å²) in [6.07, 6.45) is 0.972. The molecule has 1 rings (SSSR count). The zero-order chi connectivity index (χ0) is 12.0. The Balaban J connectivity index is 2.34. The van der Waals surface area contributed by atoms with Gasteiger partial charge in [0.25, 0.3) is 0 Å². The maximum Gasteiger partial charge on any atom is 0.217 e. The van der Waals surface area contributed by atoms with E-state index < -0.39 is 0 Å². The van der Waals surface area contributed by atoms with E-state index in [1.807, 2.05) is 0 Å². The molecular weight excluding hydrogens is 231 g/mol. The van der Waals surface area contributed by atoms with Gasteiger partial charge in [-0.15, -0.1) is 0 Å². The summed E-state index contributed by atoms with van der Waals surface area (Å²) in [5.41, 5.74) is 5.43. The van der Waals surface area contributed by atoms with Gasteiger partial charge in [-0.05, 0) is 25.1 Å². The number of primary amides is 1. The fourth-order valence-corrected chi connectivity index (χ4v) is 1.53. The van der Waals surface area contributed by atoms with Gasteiger partial charge in [0.15, 0.2) is 0 Å². The fourth-order valence-electron chi connectivity index (χ4n) is 1.30. The van der Waals surface area contributed by atoms with Crippen LogP contribution in [0.5, 0.6) is 0 Å². The monoisotopic (exact) mass is 244 g/mol. The smallest absolute Gasteiger partial charge is 0.217 e. The molecule has 1 amide bonds. The second-order valence-electron chi connectivity index (χ2n) is 3.45. The molecule has 88 valence electrons. The highest BCUT2D eigenvalue weighted by Gasteiger charge is 2.05. The molecule has 1 aromatic rings. The van der Waals surface area contributed by atoms with E-state index in [4.69, 9.17) is 17.3 Å². The molecule has 0 atom stereocenters. The Morgan fingerprint density at radius 1 is 1.50 bits per heavy atom. The maximum atomic E-state index is 13.3. The van der Waals surface area contributed by atoms with Crippen molar-refractivity contribution in [3.63, 3.8) is 0 Å². The van der Waals surface area contributed by atoms with E-state index in [0.29, 0.717) is 36.5 Å². The molecule has 0 bridgehead atoms. The lowest BCUT2D eigenvalue weighted by atomic mass is 10.2. The summed E-state index contributed by atoms with van der Waals surface area (Å²) in [5, 5.41) is 3.41. The first-order valence-electron chi connectivity index (χ1n) is 5.03. The average Bonchev–Trinajstić information content (AvgIpc) is 2.21. The van der Waals surface area contributed by atoms with Crippen molar-refractivity contribution < 1.29 is 9.18 Å². The van der Waals surface area contributed by atoms with Gasteiger partial charge in [-0.3, -0.25) is 4.79 Å². The second-order valence-corrected chi connectivity index (χ2v) is 3.85. The maximum absolute atomic E-state index is 13.3. The van der Waals surface area contributed by atoms with Gasteiger partial charge in [-0.2, -0.15) is 0 Å². The SMILES string of the molecule is NC(=O)CCCNCc1c(F)cccc1Cl. The lowest BCUT2D eigenvalue weighted by molar-refractivity contribution is -0.118. The Bertz CT molecular complexity index is 351. The van der Waals surface area contributed by atoms with Crippen molar-refractivity contribution >= 4 is 17.5 Å². The topological polar surface area (TPSA) is 55.1 Å². The van der Waals surface area contributed by atoms with Crippen molar-refractivity contribution in [3.8, 4) is 0 Å². The Hall–Kier alpha value is -1.13. The Morgan fingerprint density at radius 3 is 2.88 bits per heavy atom. The predicted molar refractivity (Wildman–Crippen MR) is 61.5 cm³/mol. The van der Waals surface area contributed by atoms with Gasteiger partial charge in [0, 0.05) is 23.6 Å². The molecule has 1 aromatic carbocycles. The molecule has 0 unspecified atom stereocenters. The second kappa shape index (κ2) is 6.45. The number of amides is 1. The molecule has 0 saturated carbocycles. The fraction of sp³-hybridized carbons (Fsp3) is 0.364. The van der Waals surface area contributed by atoms with Gasteiger partial charge in [0.2, 0.25) is 5.91 Å². The van der Waals surface area contributed by atoms with Gasteiger partial charge in [0.1, 0.15) is 5.82 Å². The molecule has 0 aromatic heterocycles. The number of carbonyl (C=O) groups excluding carboxylic acids is 1. The number of carbonyl (C=O) groups is 1. The third kappa shape index (κ3) is 4.16. The molecule has 0 spiro atoms. The molecule has 5 heteroatoms. The summed E-state index contributed by atoms with van der Waals surface area (Å²) in [5.74, 6) is -0.652. The van der Waals surface area contributed by atoms with Crippen LogP contribution in [-0.4, -0.2) is 12.5 Å². The van der Waals surface area contributed by atoms with Crippen LogP contribution >= 0.6 is 11.6 Å². The average molecular weight is 245 g/mol. The van der Waals surface area contributed by atoms with Crippen LogP contribution in [0.25, 0.3) is 0 Å². The van der Waals surface area contributed by atoms with E-state index in [9.17, 15) is 9.18 Å². The molecule has 0 saturated heterocycles. The zero-order valence-corrected chi connectivity index (χ0v) is 9.56. The van der Waals surface area contributed by atoms with Crippen LogP contribution in [0.4, 0.5) is 4.39 Å². The van der Waals surface area contributed by atoms with E-state index >= 15 is 0 Å². The molecule has 0 heterocycles. The van der Waals surface area contributed by atoms with Crippen LogP contribution in [0.2, 0.25) is 5.02 Å². The number of hydrogen-bond donors (Lipinski definition) is 2. The largest absolute Gasteiger partial charge is 0.370 e. The number of halogens is 2. The summed E-state index contributed by atoms with van der Waals surface area (Å²) in [7, 11) is 0. The van der Waals surface area contributed by atoms with Crippen molar-refractivity contribution in [1.29, 1.82) is 0 Å². The third-order valence-electron chi connectivity index (χ3n) is 2.14. The van der Waals surface area contributed by atoms with Crippen molar-refractivity contribution in [2.45, 2.75) is 19.4 Å². The van der Waals surface area contributed by atoms with E-state index in [1.54, 1.807) is 12.1 Å². The minimum absolute atomic E-state index is 0.324. The van der Waals surface area contributed by atoms with Crippen LogP contribution in [0.1, 0.15) is 18.4 Å². The van der Waals surface area contributed by atoms with Crippen LogP contribution in [0.15, 0.2) is 18.2 Å². The Kier molecular flexibility index (Phi) is 5.22. The third-order valence-corrected chi connectivity index (χ3v) is 2.49. The number of hydrogen-bond acceptors (Lipinski definition) is 2. The summed E-state index contributed by atoms with van der Waals surface area (Å²) in [6, 6.07) is 4.58. The highest BCUT2D eigenvalue weighted by molar-refractivity contribution is 6.31. The first-order valence-corrected chi connectivity index (χ1v) is 5.41. The number of benzene rings is 1. The van der Waals surface area contributed by atoms with Crippen molar-refractivity contribution in [1.82, 2.24) is 5.32 Å². The highest BCUT2D eigenvalue weighted by Crippen LogP contribution is 2.18. The van der Waals surface area contributed by atoms with Gasteiger partial charge in [-0.25, -0.2) is 4.39 Å². The zero-order valence-electron chi connectivity index (χ0n) is 8.80. The Labute approximate surface area is 98.8 Å². The molecule has 0 radical (unpaired) electrons. The van der Waals surface area contributed by atoms with Crippen molar-refractivity contribution in [3.05, 3.63) is 34.6 Å². The summed E-state index contributed by atoms with van der Waals surface area (Å²) in [4.78, 5) is 10.5. The summed E-state index contributed by atoms with van der Waals surface area (Å²) < 4.78 is 13.3. The predicted octanol–water partition coefficient (Wildman–Crippen LogP) is 1.83. The number of nitrogens with one attached hydrogen (secondary N) is 1. The Morgan fingerprint density at radius 2 is 2.25 bits per heavy atom. The molecule has 0 aliphatic heterocycles. The van der Waals surface area contributed by atoms with Gasteiger partial charge in [-0.1, -0.05) is 17.7 Å². The van der Waals surface area contributed by atoms with Gasteiger partial charge < -0.3 is 11.1 Å². The first-order chi connectivity index (χ1) is 7.61. The number of rotatable bonds is 6. The lowest BCUT2D eigenvalue weighted by Gasteiger charge is -2.07. The van der Waals surface area contributed by atoms with E-state index in [1.165, 1.54) is 6.07 Å². The number of nitrogens with two attached hydrogens (primary N) is 1. The van der Waals surface area contributed by atoms with E-state index in [-0.39, 0.29) is 11.7 Å². The van der Waals surface area contributed by atoms with Crippen LogP contribution in [0, 0.1) is 5.82 Å². The van der Waals surface area contributed by atoms with Crippen molar-refractivity contribution in [2.24, 2.45) is 5.73 Å².